The summed E-state index contributed by atoms with van der Waals surface area (Å²) < 4.78 is 5.87. The van der Waals surface area contributed by atoms with Gasteiger partial charge in [-0.3, -0.25) is 9.69 Å². The molecule has 112 valence electrons. The Morgan fingerprint density at radius 3 is 2.73 bits per heavy atom. The molecule has 1 aliphatic heterocycles. The van der Waals surface area contributed by atoms with Gasteiger partial charge in [0.2, 0.25) is 0 Å². The van der Waals surface area contributed by atoms with E-state index in [0.29, 0.717) is 21.5 Å². The Hall–Kier alpha value is -1.85. The lowest BCUT2D eigenvalue weighted by molar-refractivity contribution is -0.122. The lowest BCUT2D eigenvalue weighted by Gasteiger charge is -2.14. The van der Waals surface area contributed by atoms with Crippen molar-refractivity contribution in [1.82, 2.24) is 4.90 Å². The molecule has 1 saturated heterocycles. The normalized spacial score (nSPS) is 16.7. The van der Waals surface area contributed by atoms with Crippen LogP contribution < -0.4 is 0 Å². The molecule has 0 unspecified atom stereocenters. The molecule has 3 rings (SSSR count). The zero-order valence-electron chi connectivity index (χ0n) is 11.9. The summed E-state index contributed by atoms with van der Waals surface area (Å²) in [5.41, 5.74) is 1.28. The zero-order valence-corrected chi connectivity index (χ0v) is 13.5. The molecule has 5 heteroatoms. The van der Waals surface area contributed by atoms with Crippen LogP contribution in [0.5, 0.6) is 0 Å². The predicted octanol–water partition coefficient (Wildman–Crippen LogP) is 4.11. The third kappa shape index (κ3) is 3.48. The third-order valence-electron chi connectivity index (χ3n) is 3.38. The van der Waals surface area contributed by atoms with Crippen molar-refractivity contribution in [3.05, 3.63) is 65.0 Å². The predicted molar refractivity (Wildman–Crippen MR) is 93.4 cm³/mol. The molecule has 0 radical (unpaired) electrons. The van der Waals surface area contributed by atoms with Crippen LogP contribution in [0.4, 0.5) is 0 Å². The molecule has 1 fully saturated rings. The molecule has 0 N–H and O–H groups in total. The van der Waals surface area contributed by atoms with Gasteiger partial charge < -0.3 is 4.42 Å². The zero-order chi connectivity index (χ0) is 15.4. The van der Waals surface area contributed by atoms with Crippen molar-refractivity contribution in [2.75, 3.05) is 6.54 Å². The smallest absolute Gasteiger partial charge is 0.266 e. The summed E-state index contributed by atoms with van der Waals surface area (Å²) in [6.07, 6.45) is 5.17. The maximum atomic E-state index is 12.4. The SMILES string of the molecule is O=C1C(=Cc2ccco2)SC(=S)N1CCCc1ccccc1. The monoisotopic (exact) mass is 329 g/mol. The lowest BCUT2D eigenvalue weighted by atomic mass is 10.1. The minimum Gasteiger partial charge on any atom is -0.465 e. The first-order valence-corrected chi connectivity index (χ1v) is 8.29. The fourth-order valence-electron chi connectivity index (χ4n) is 2.28. The second-order valence-electron chi connectivity index (χ2n) is 4.94. The first-order chi connectivity index (χ1) is 10.7. The van der Waals surface area contributed by atoms with Crippen molar-refractivity contribution >= 4 is 40.3 Å². The van der Waals surface area contributed by atoms with Crippen LogP contribution in [0.1, 0.15) is 17.7 Å². The molecule has 0 aliphatic carbocycles. The Labute approximate surface area is 139 Å². The molecule has 1 aromatic carbocycles. The number of carbonyl (C=O) groups is 1. The van der Waals surface area contributed by atoms with E-state index in [1.165, 1.54) is 17.3 Å². The van der Waals surface area contributed by atoms with Crippen LogP contribution in [0, 0.1) is 0 Å². The van der Waals surface area contributed by atoms with E-state index in [2.05, 4.69) is 12.1 Å². The van der Waals surface area contributed by atoms with Gasteiger partial charge in [0.1, 0.15) is 10.1 Å². The van der Waals surface area contributed by atoms with Crippen LogP contribution in [0.3, 0.4) is 0 Å². The second kappa shape index (κ2) is 6.94. The lowest BCUT2D eigenvalue weighted by Crippen LogP contribution is -2.29. The highest BCUT2D eigenvalue weighted by Crippen LogP contribution is 2.32. The van der Waals surface area contributed by atoms with Gasteiger partial charge in [-0.05, 0) is 30.5 Å². The summed E-state index contributed by atoms with van der Waals surface area (Å²) in [6, 6.07) is 13.9. The Morgan fingerprint density at radius 2 is 2.00 bits per heavy atom. The highest BCUT2D eigenvalue weighted by molar-refractivity contribution is 8.26. The molecule has 3 nitrogen and oxygen atoms in total. The van der Waals surface area contributed by atoms with E-state index in [1.54, 1.807) is 23.3 Å². The Kier molecular flexibility index (Phi) is 4.75. The number of nitrogens with zero attached hydrogens (tertiary/aromatic N) is 1. The van der Waals surface area contributed by atoms with Crippen LogP contribution in [0.25, 0.3) is 6.08 Å². The molecule has 0 spiro atoms. The summed E-state index contributed by atoms with van der Waals surface area (Å²) in [6.45, 7) is 0.648. The van der Waals surface area contributed by atoms with E-state index in [4.69, 9.17) is 16.6 Å². The first-order valence-electron chi connectivity index (χ1n) is 7.07. The van der Waals surface area contributed by atoms with Gasteiger partial charge in [0.05, 0.1) is 11.2 Å². The molecular formula is C17H15NO2S2. The fourth-order valence-corrected chi connectivity index (χ4v) is 3.57. The van der Waals surface area contributed by atoms with Crippen LogP contribution in [0.15, 0.2) is 58.1 Å². The van der Waals surface area contributed by atoms with E-state index in [1.807, 2.05) is 24.3 Å². The number of carbonyl (C=O) groups excluding carboxylic acids is 1. The topological polar surface area (TPSA) is 33.5 Å². The van der Waals surface area contributed by atoms with Gasteiger partial charge in [-0.15, -0.1) is 0 Å². The standard InChI is InChI=1S/C17H15NO2S2/c19-16-15(12-14-9-5-11-20-14)22-17(21)18(16)10-4-8-13-6-2-1-3-7-13/h1-3,5-7,9,11-12H,4,8,10H2. The number of amides is 1. The van der Waals surface area contributed by atoms with Crippen molar-refractivity contribution < 1.29 is 9.21 Å². The largest absolute Gasteiger partial charge is 0.465 e. The van der Waals surface area contributed by atoms with Gasteiger partial charge in [0.15, 0.2) is 0 Å². The number of hydrogen-bond acceptors (Lipinski definition) is 4. The molecule has 2 aromatic rings. The maximum Gasteiger partial charge on any atom is 0.266 e. The van der Waals surface area contributed by atoms with Gasteiger partial charge in [0.25, 0.3) is 5.91 Å². The molecule has 1 amide bonds. The summed E-state index contributed by atoms with van der Waals surface area (Å²) >= 11 is 6.65. The molecule has 1 aromatic heterocycles. The van der Waals surface area contributed by atoms with E-state index in [-0.39, 0.29) is 5.91 Å². The van der Waals surface area contributed by atoms with Gasteiger partial charge >= 0.3 is 0 Å². The minimum atomic E-state index is -0.0283. The van der Waals surface area contributed by atoms with Crippen LogP contribution in [0.2, 0.25) is 0 Å². The fraction of sp³-hybridized carbons (Fsp3) is 0.176. The molecule has 0 atom stereocenters. The minimum absolute atomic E-state index is 0.0283. The Morgan fingerprint density at radius 1 is 1.18 bits per heavy atom. The number of thiocarbonyl (C=S) groups is 1. The average molecular weight is 329 g/mol. The van der Waals surface area contributed by atoms with Crippen LogP contribution >= 0.6 is 24.0 Å². The van der Waals surface area contributed by atoms with E-state index in [9.17, 15) is 4.79 Å². The highest BCUT2D eigenvalue weighted by atomic mass is 32.2. The Bertz CT molecular complexity index is 693. The number of hydrogen-bond donors (Lipinski definition) is 0. The van der Waals surface area contributed by atoms with E-state index >= 15 is 0 Å². The van der Waals surface area contributed by atoms with Crippen molar-refractivity contribution in [1.29, 1.82) is 0 Å². The van der Waals surface area contributed by atoms with E-state index < -0.39 is 0 Å². The Balaban J connectivity index is 1.60. The van der Waals surface area contributed by atoms with Crippen LogP contribution in [-0.2, 0) is 11.2 Å². The summed E-state index contributed by atoms with van der Waals surface area (Å²) in [7, 11) is 0. The van der Waals surface area contributed by atoms with Gasteiger partial charge in [-0.25, -0.2) is 0 Å². The molecule has 0 saturated carbocycles. The molecule has 1 aliphatic rings. The quantitative estimate of drug-likeness (QED) is 0.610. The summed E-state index contributed by atoms with van der Waals surface area (Å²) in [5.74, 6) is 0.643. The van der Waals surface area contributed by atoms with E-state index in [0.717, 1.165) is 12.8 Å². The number of benzene rings is 1. The summed E-state index contributed by atoms with van der Waals surface area (Å²) in [4.78, 5) is 14.7. The first kappa shape index (κ1) is 15.1. The van der Waals surface area contributed by atoms with Crippen LogP contribution in [-0.4, -0.2) is 21.7 Å². The molecular weight excluding hydrogens is 314 g/mol. The molecule has 0 bridgehead atoms. The highest BCUT2D eigenvalue weighted by Gasteiger charge is 2.31. The number of rotatable bonds is 5. The number of thioether (sulfide) groups is 1. The van der Waals surface area contributed by atoms with Crippen molar-refractivity contribution in [2.45, 2.75) is 12.8 Å². The van der Waals surface area contributed by atoms with Crippen molar-refractivity contribution in [3.63, 3.8) is 0 Å². The van der Waals surface area contributed by atoms with Gasteiger partial charge in [-0.2, -0.15) is 0 Å². The average Bonchev–Trinajstić information content (AvgIpc) is 3.12. The van der Waals surface area contributed by atoms with Gasteiger partial charge in [0, 0.05) is 12.6 Å². The summed E-state index contributed by atoms with van der Waals surface area (Å²) in [5, 5.41) is 0. The molecule has 22 heavy (non-hydrogen) atoms. The van der Waals surface area contributed by atoms with Crippen molar-refractivity contribution in [3.8, 4) is 0 Å². The number of aryl methyl sites for hydroxylation is 1. The van der Waals surface area contributed by atoms with Crippen molar-refractivity contribution in [2.24, 2.45) is 0 Å². The maximum absolute atomic E-state index is 12.4. The molecule has 2 heterocycles. The third-order valence-corrected chi connectivity index (χ3v) is 4.76. The second-order valence-corrected chi connectivity index (χ2v) is 6.61. The number of furan rings is 1. The van der Waals surface area contributed by atoms with Gasteiger partial charge in [-0.1, -0.05) is 54.3 Å².